The number of nitrogens with zero attached hydrogens (tertiary/aromatic N) is 7. The normalized spacial score (nSPS) is 10.9. The van der Waals surface area contributed by atoms with Crippen LogP contribution >= 0.6 is 15.9 Å². The lowest BCUT2D eigenvalue weighted by Crippen LogP contribution is -2.17. The third-order valence-corrected chi connectivity index (χ3v) is 3.99. The Morgan fingerprint density at radius 2 is 1.95 bits per heavy atom. The van der Waals surface area contributed by atoms with Crippen LogP contribution in [0.1, 0.15) is 11.4 Å². The zero-order chi connectivity index (χ0) is 15.0. The molecule has 3 rings (SSSR count). The van der Waals surface area contributed by atoms with Gasteiger partial charge in [0.1, 0.15) is 0 Å². The van der Waals surface area contributed by atoms with Crippen LogP contribution < -0.4 is 11.3 Å². The molecule has 3 N–H and O–H groups in total. The molecule has 9 nitrogen and oxygen atoms in total. The molecule has 0 spiro atoms. The van der Waals surface area contributed by atoms with Crippen molar-refractivity contribution in [1.29, 1.82) is 0 Å². The smallest absolute Gasteiger partial charge is 0.257 e. The molecule has 0 unspecified atom stereocenters. The van der Waals surface area contributed by atoms with E-state index in [0.29, 0.717) is 11.9 Å². The molecule has 0 radical (unpaired) electrons. The standard InChI is InChI=1S/C11H12BrN9/c1-6-8(12)7(2)21(19-6)11-16-9(18-13)15-10(17-11)20-5-3-4-14-20/h3-5H,13H2,1-2H3,(H,15,16,17,18). The minimum absolute atomic E-state index is 0.231. The number of hydrogen-bond acceptors (Lipinski definition) is 7. The van der Waals surface area contributed by atoms with Crippen molar-refractivity contribution in [3.8, 4) is 11.9 Å². The first-order valence-electron chi connectivity index (χ1n) is 6.05. The van der Waals surface area contributed by atoms with E-state index in [1.165, 1.54) is 4.68 Å². The second-order valence-electron chi connectivity index (χ2n) is 4.25. The van der Waals surface area contributed by atoms with Gasteiger partial charge in [0.05, 0.1) is 15.9 Å². The molecule has 0 aromatic carbocycles. The molecule has 0 aliphatic rings. The van der Waals surface area contributed by atoms with Gasteiger partial charge in [-0.2, -0.15) is 25.1 Å². The van der Waals surface area contributed by atoms with E-state index in [4.69, 9.17) is 5.84 Å². The van der Waals surface area contributed by atoms with Crippen molar-refractivity contribution in [2.75, 3.05) is 5.43 Å². The molecular weight excluding hydrogens is 338 g/mol. The Morgan fingerprint density at radius 1 is 1.19 bits per heavy atom. The monoisotopic (exact) mass is 349 g/mol. The molecule has 0 fully saturated rings. The number of nitrogen functional groups attached to an aromatic ring is 1. The molecule has 3 aromatic heterocycles. The Morgan fingerprint density at radius 3 is 2.52 bits per heavy atom. The Bertz CT molecular complexity index is 777. The molecule has 0 aliphatic heterocycles. The van der Waals surface area contributed by atoms with Gasteiger partial charge >= 0.3 is 0 Å². The van der Waals surface area contributed by atoms with Crippen LogP contribution in [0.2, 0.25) is 0 Å². The lowest BCUT2D eigenvalue weighted by Gasteiger charge is -2.07. The molecule has 0 atom stereocenters. The molecule has 0 amide bonds. The van der Waals surface area contributed by atoms with E-state index < -0.39 is 0 Å². The minimum atomic E-state index is 0.231. The summed E-state index contributed by atoms with van der Waals surface area (Å²) in [4.78, 5) is 12.8. The summed E-state index contributed by atoms with van der Waals surface area (Å²) in [7, 11) is 0. The fourth-order valence-corrected chi connectivity index (χ4v) is 2.07. The van der Waals surface area contributed by atoms with Crippen molar-refractivity contribution in [2.24, 2.45) is 5.84 Å². The molecule has 0 saturated heterocycles. The zero-order valence-electron chi connectivity index (χ0n) is 11.3. The average molecular weight is 350 g/mol. The first kappa shape index (κ1) is 13.6. The van der Waals surface area contributed by atoms with Crippen LogP contribution in [0, 0.1) is 13.8 Å². The van der Waals surface area contributed by atoms with Crippen LogP contribution in [0.25, 0.3) is 11.9 Å². The van der Waals surface area contributed by atoms with Gasteiger partial charge in [0.15, 0.2) is 0 Å². The van der Waals surface area contributed by atoms with Crippen molar-refractivity contribution in [2.45, 2.75) is 13.8 Å². The Kier molecular flexibility index (Phi) is 3.39. The Labute approximate surface area is 128 Å². The maximum Gasteiger partial charge on any atom is 0.257 e. The first-order valence-corrected chi connectivity index (χ1v) is 6.84. The molecule has 21 heavy (non-hydrogen) atoms. The molecular formula is C11H12BrN9. The van der Waals surface area contributed by atoms with Crippen LogP contribution in [0.15, 0.2) is 22.9 Å². The third-order valence-electron chi connectivity index (χ3n) is 2.84. The lowest BCUT2D eigenvalue weighted by atomic mass is 10.4. The number of nitrogens with one attached hydrogen (secondary N) is 1. The van der Waals surface area contributed by atoms with Crippen LogP contribution in [0.5, 0.6) is 0 Å². The maximum atomic E-state index is 5.42. The summed E-state index contributed by atoms with van der Waals surface area (Å²) in [5.74, 6) is 6.36. The van der Waals surface area contributed by atoms with E-state index in [0.717, 1.165) is 15.9 Å². The highest BCUT2D eigenvalue weighted by atomic mass is 79.9. The van der Waals surface area contributed by atoms with Gasteiger partial charge < -0.3 is 0 Å². The molecule has 3 heterocycles. The van der Waals surface area contributed by atoms with Crippen LogP contribution in [-0.2, 0) is 0 Å². The molecule has 10 heteroatoms. The fraction of sp³-hybridized carbons (Fsp3) is 0.182. The molecule has 0 saturated carbocycles. The zero-order valence-corrected chi connectivity index (χ0v) is 12.9. The molecule has 0 bridgehead atoms. The van der Waals surface area contributed by atoms with E-state index >= 15 is 0 Å². The molecule has 3 aromatic rings. The number of halogens is 1. The van der Waals surface area contributed by atoms with E-state index in [1.54, 1.807) is 23.1 Å². The van der Waals surface area contributed by atoms with Gasteiger partial charge in [-0.25, -0.2) is 15.2 Å². The van der Waals surface area contributed by atoms with Gasteiger partial charge in [0, 0.05) is 12.4 Å². The van der Waals surface area contributed by atoms with Gasteiger partial charge in [-0.05, 0) is 35.8 Å². The number of nitrogens with two attached hydrogens (primary N) is 1. The van der Waals surface area contributed by atoms with Crippen molar-refractivity contribution in [1.82, 2.24) is 34.5 Å². The van der Waals surface area contributed by atoms with Crippen LogP contribution in [-0.4, -0.2) is 34.5 Å². The third kappa shape index (κ3) is 2.38. The number of rotatable bonds is 3. The van der Waals surface area contributed by atoms with Crippen molar-refractivity contribution >= 4 is 21.9 Å². The number of anilines is 1. The second-order valence-corrected chi connectivity index (χ2v) is 5.04. The van der Waals surface area contributed by atoms with Gasteiger partial charge in [0.2, 0.25) is 5.95 Å². The number of hydrazine groups is 1. The van der Waals surface area contributed by atoms with Crippen LogP contribution in [0.3, 0.4) is 0 Å². The second kappa shape index (κ2) is 5.22. The van der Waals surface area contributed by atoms with E-state index in [9.17, 15) is 0 Å². The van der Waals surface area contributed by atoms with Gasteiger partial charge in [-0.15, -0.1) is 0 Å². The summed E-state index contributed by atoms with van der Waals surface area (Å²) in [6, 6.07) is 1.78. The summed E-state index contributed by atoms with van der Waals surface area (Å²) < 4.78 is 4.05. The molecule has 108 valence electrons. The summed E-state index contributed by atoms with van der Waals surface area (Å²) >= 11 is 3.48. The largest absolute Gasteiger partial charge is 0.292 e. The number of hydrogen-bond donors (Lipinski definition) is 2. The van der Waals surface area contributed by atoms with Crippen LogP contribution in [0.4, 0.5) is 5.95 Å². The highest BCUT2D eigenvalue weighted by molar-refractivity contribution is 9.10. The summed E-state index contributed by atoms with van der Waals surface area (Å²) in [6.07, 6.45) is 3.37. The average Bonchev–Trinajstić information content (AvgIpc) is 3.12. The lowest BCUT2D eigenvalue weighted by molar-refractivity contribution is 0.730. The topological polar surface area (TPSA) is 112 Å². The highest BCUT2D eigenvalue weighted by Gasteiger charge is 2.15. The van der Waals surface area contributed by atoms with Crippen molar-refractivity contribution in [3.63, 3.8) is 0 Å². The summed E-state index contributed by atoms with van der Waals surface area (Å²) in [5, 5.41) is 8.49. The van der Waals surface area contributed by atoms with Crippen molar-refractivity contribution < 1.29 is 0 Å². The predicted octanol–water partition coefficient (Wildman–Crippen LogP) is 0.908. The van der Waals surface area contributed by atoms with Gasteiger partial charge in [-0.3, -0.25) is 5.43 Å². The summed E-state index contributed by atoms with van der Waals surface area (Å²) in [5.41, 5.74) is 4.15. The summed E-state index contributed by atoms with van der Waals surface area (Å²) in [6.45, 7) is 3.81. The SMILES string of the molecule is Cc1nn(-c2nc(NN)nc(-n3cccn3)n2)c(C)c1Br. The highest BCUT2D eigenvalue weighted by Crippen LogP contribution is 2.22. The molecule has 0 aliphatic carbocycles. The quantitative estimate of drug-likeness (QED) is 0.533. The Hall–Kier alpha value is -2.33. The van der Waals surface area contributed by atoms with E-state index in [2.05, 4.69) is 46.5 Å². The van der Waals surface area contributed by atoms with E-state index in [-0.39, 0.29) is 5.95 Å². The number of aryl methyl sites for hydroxylation is 1. The number of aromatic nitrogens is 7. The van der Waals surface area contributed by atoms with Gasteiger partial charge in [-0.1, -0.05) is 0 Å². The van der Waals surface area contributed by atoms with Crippen molar-refractivity contribution in [3.05, 3.63) is 34.3 Å². The fourth-order valence-electron chi connectivity index (χ4n) is 1.82. The first-order chi connectivity index (χ1) is 10.1. The minimum Gasteiger partial charge on any atom is -0.292 e. The predicted molar refractivity (Wildman–Crippen MR) is 79.1 cm³/mol. The van der Waals surface area contributed by atoms with Gasteiger partial charge in [0.25, 0.3) is 11.9 Å². The Balaban J connectivity index is 2.18. The maximum absolute atomic E-state index is 5.42. The van der Waals surface area contributed by atoms with E-state index in [1.807, 2.05) is 13.8 Å².